The maximum atomic E-state index is 12.2. The third-order valence-electron chi connectivity index (χ3n) is 3.67. The Morgan fingerprint density at radius 2 is 2.27 bits per heavy atom. The molecule has 2 heterocycles. The predicted molar refractivity (Wildman–Crippen MR) is 86.8 cm³/mol. The van der Waals surface area contributed by atoms with Gasteiger partial charge in [-0.1, -0.05) is 6.07 Å². The second kappa shape index (κ2) is 7.58. The van der Waals surface area contributed by atoms with Crippen molar-refractivity contribution in [1.29, 1.82) is 0 Å². The van der Waals surface area contributed by atoms with Gasteiger partial charge in [-0.05, 0) is 45.7 Å². The van der Waals surface area contributed by atoms with E-state index in [1.54, 1.807) is 0 Å². The van der Waals surface area contributed by atoms with Crippen molar-refractivity contribution in [3.05, 3.63) is 30.1 Å². The molecule has 0 aliphatic carbocycles. The van der Waals surface area contributed by atoms with Crippen LogP contribution in [-0.2, 0) is 11.2 Å². The van der Waals surface area contributed by atoms with E-state index in [4.69, 9.17) is 4.74 Å². The van der Waals surface area contributed by atoms with Gasteiger partial charge in [-0.15, -0.1) is 0 Å². The van der Waals surface area contributed by atoms with Crippen molar-refractivity contribution in [1.82, 2.24) is 15.2 Å². The summed E-state index contributed by atoms with van der Waals surface area (Å²) in [6.07, 6.45) is 4.61. The molecule has 1 aromatic heterocycles. The Morgan fingerprint density at radius 1 is 1.45 bits per heavy atom. The van der Waals surface area contributed by atoms with Crippen molar-refractivity contribution in [2.45, 2.75) is 51.7 Å². The molecule has 0 spiro atoms. The Labute approximate surface area is 133 Å². The van der Waals surface area contributed by atoms with Crippen LogP contribution >= 0.6 is 0 Å². The number of rotatable bonds is 5. The largest absolute Gasteiger partial charge is 0.444 e. The van der Waals surface area contributed by atoms with Crippen LogP contribution in [0.4, 0.5) is 4.79 Å². The highest BCUT2D eigenvalue weighted by atomic mass is 16.6. The molecule has 1 amide bonds. The summed E-state index contributed by atoms with van der Waals surface area (Å²) in [6.45, 7) is 8.19. The van der Waals surface area contributed by atoms with Gasteiger partial charge in [-0.25, -0.2) is 4.79 Å². The molecule has 1 aromatic rings. The first-order valence-electron chi connectivity index (χ1n) is 8.06. The number of aromatic nitrogens is 1. The standard InChI is InChI=1S/C17H27N3O2/c1-17(2,3)22-16(21)20-12-6-8-15(20)13-18-11-9-14-7-4-5-10-19-14/h4-5,7,10,15,18H,6,8-9,11-13H2,1-3H3. The number of hydrogen-bond acceptors (Lipinski definition) is 4. The van der Waals surface area contributed by atoms with Crippen LogP contribution in [0.25, 0.3) is 0 Å². The number of pyridine rings is 1. The van der Waals surface area contributed by atoms with E-state index in [9.17, 15) is 4.79 Å². The molecule has 1 aliphatic heterocycles. The van der Waals surface area contributed by atoms with Crippen LogP contribution in [0.15, 0.2) is 24.4 Å². The highest BCUT2D eigenvalue weighted by Gasteiger charge is 2.31. The smallest absolute Gasteiger partial charge is 0.410 e. The zero-order valence-electron chi connectivity index (χ0n) is 13.8. The number of likely N-dealkylation sites (tertiary alicyclic amines) is 1. The number of carbonyl (C=O) groups is 1. The monoisotopic (exact) mass is 305 g/mol. The minimum Gasteiger partial charge on any atom is -0.444 e. The van der Waals surface area contributed by atoms with Gasteiger partial charge >= 0.3 is 6.09 Å². The summed E-state index contributed by atoms with van der Waals surface area (Å²) < 4.78 is 5.48. The molecule has 0 saturated carbocycles. The van der Waals surface area contributed by atoms with Gasteiger partial charge in [0.2, 0.25) is 0 Å². The molecule has 1 N–H and O–H groups in total. The average molecular weight is 305 g/mol. The zero-order valence-corrected chi connectivity index (χ0v) is 13.8. The van der Waals surface area contributed by atoms with E-state index in [0.29, 0.717) is 0 Å². The van der Waals surface area contributed by atoms with Gasteiger partial charge in [-0.2, -0.15) is 0 Å². The van der Waals surface area contributed by atoms with Crippen LogP contribution in [0.2, 0.25) is 0 Å². The minimum atomic E-state index is -0.434. The third-order valence-corrected chi connectivity index (χ3v) is 3.67. The molecule has 5 nitrogen and oxygen atoms in total. The molecule has 2 rings (SSSR count). The van der Waals surface area contributed by atoms with Crippen LogP contribution in [-0.4, -0.2) is 47.3 Å². The van der Waals surface area contributed by atoms with Crippen molar-refractivity contribution in [2.24, 2.45) is 0 Å². The Bertz CT molecular complexity index is 471. The molecular formula is C17H27N3O2. The first-order valence-corrected chi connectivity index (χ1v) is 8.06. The maximum Gasteiger partial charge on any atom is 0.410 e. The number of carbonyl (C=O) groups excluding carboxylic acids is 1. The summed E-state index contributed by atoms with van der Waals surface area (Å²) in [5, 5.41) is 3.43. The van der Waals surface area contributed by atoms with Gasteiger partial charge in [-0.3, -0.25) is 4.98 Å². The third kappa shape index (κ3) is 5.30. The Kier molecular flexibility index (Phi) is 5.77. The second-order valence-corrected chi connectivity index (χ2v) is 6.74. The Balaban J connectivity index is 1.73. The van der Waals surface area contributed by atoms with Crippen molar-refractivity contribution in [3.8, 4) is 0 Å². The highest BCUT2D eigenvalue weighted by molar-refractivity contribution is 5.69. The summed E-state index contributed by atoms with van der Waals surface area (Å²) in [5.74, 6) is 0. The number of nitrogens with one attached hydrogen (secondary N) is 1. The fourth-order valence-electron chi connectivity index (χ4n) is 2.64. The Morgan fingerprint density at radius 3 is 2.95 bits per heavy atom. The quantitative estimate of drug-likeness (QED) is 0.850. The molecular weight excluding hydrogens is 278 g/mol. The predicted octanol–water partition coefficient (Wildman–Crippen LogP) is 2.61. The zero-order chi connectivity index (χ0) is 16.0. The second-order valence-electron chi connectivity index (χ2n) is 6.74. The summed E-state index contributed by atoms with van der Waals surface area (Å²) in [7, 11) is 0. The number of amides is 1. The molecule has 0 radical (unpaired) electrons. The van der Waals surface area contributed by atoms with Crippen LogP contribution in [0.5, 0.6) is 0 Å². The molecule has 5 heteroatoms. The van der Waals surface area contributed by atoms with Crippen molar-refractivity contribution < 1.29 is 9.53 Å². The van der Waals surface area contributed by atoms with E-state index >= 15 is 0 Å². The van der Waals surface area contributed by atoms with Crippen LogP contribution < -0.4 is 5.32 Å². The van der Waals surface area contributed by atoms with E-state index in [1.807, 2.05) is 50.1 Å². The van der Waals surface area contributed by atoms with Gasteiger partial charge < -0.3 is 15.0 Å². The molecule has 1 aliphatic rings. The SMILES string of the molecule is CC(C)(C)OC(=O)N1CCCC1CNCCc1ccccn1. The molecule has 0 bridgehead atoms. The molecule has 22 heavy (non-hydrogen) atoms. The maximum absolute atomic E-state index is 12.2. The van der Waals surface area contributed by atoms with E-state index in [0.717, 1.165) is 44.6 Å². The average Bonchev–Trinajstić information content (AvgIpc) is 2.91. The van der Waals surface area contributed by atoms with Gasteiger partial charge in [0.15, 0.2) is 0 Å². The van der Waals surface area contributed by atoms with E-state index in [-0.39, 0.29) is 12.1 Å². The van der Waals surface area contributed by atoms with Crippen LogP contribution in [0, 0.1) is 0 Å². The lowest BCUT2D eigenvalue weighted by Gasteiger charge is -2.28. The van der Waals surface area contributed by atoms with Crippen molar-refractivity contribution >= 4 is 6.09 Å². The number of ether oxygens (including phenoxy) is 1. The Hall–Kier alpha value is -1.62. The van der Waals surface area contributed by atoms with Gasteiger partial charge in [0.25, 0.3) is 0 Å². The minimum absolute atomic E-state index is 0.193. The topological polar surface area (TPSA) is 54.5 Å². The fourth-order valence-corrected chi connectivity index (χ4v) is 2.64. The molecule has 1 atom stereocenters. The molecule has 1 saturated heterocycles. The van der Waals surface area contributed by atoms with Crippen molar-refractivity contribution in [3.63, 3.8) is 0 Å². The molecule has 0 aromatic carbocycles. The fraction of sp³-hybridized carbons (Fsp3) is 0.647. The lowest BCUT2D eigenvalue weighted by atomic mass is 10.2. The van der Waals surface area contributed by atoms with E-state index in [1.165, 1.54) is 0 Å². The van der Waals surface area contributed by atoms with Gasteiger partial charge in [0, 0.05) is 44.0 Å². The first-order chi connectivity index (χ1) is 10.5. The number of nitrogens with zero attached hydrogens (tertiary/aromatic N) is 2. The van der Waals surface area contributed by atoms with Crippen molar-refractivity contribution in [2.75, 3.05) is 19.6 Å². The molecule has 1 unspecified atom stereocenters. The highest BCUT2D eigenvalue weighted by Crippen LogP contribution is 2.20. The van der Waals surface area contributed by atoms with Crippen LogP contribution in [0.3, 0.4) is 0 Å². The summed E-state index contributed by atoms with van der Waals surface area (Å²) in [4.78, 5) is 18.4. The molecule has 122 valence electrons. The lowest BCUT2D eigenvalue weighted by Crippen LogP contribution is -2.44. The number of hydrogen-bond donors (Lipinski definition) is 1. The van der Waals surface area contributed by atoms with E-state index < -0.39 is 5.60 Å². The van der Waals surface area contributed by atoms with E-state index in [2.05, 4.69) is 10.3 Å². The summed E-state index contributed by atoms with van der Waals surface area (Å²) in [6, 6.07) is 6.20. The lowest BCUT2D eigenvalue weighted by molar-refractivity contribution is 0.0227. The molecule has 1 fully saturated rings. The van der Waals surface area contributed by atoms with Gasteiger partial charge in [0.1, 0.15) is 5.60 Å². The summed E-state index contributed by atoms with van der Waals surface area (Å²) in [5.41, 5.74) is 0.654. The van der Waals surface area contributed by atoms with Crippen LogP contribution in [0.1, 0.15) is 39.3 Å². The first kappa shape index (κ1) is 16.7. The summed E-state index contributed by atoms with van der Waals surface area (Å²) >= 11 is 0. The normalized spacial score (nSPS) is 18.5. The van der Waals surface area contributed by atoms with Gasteiger partial charge in [0.05, 0.1) is 0 Å².